The van der Waals surface area contributed by atoms with Gasteiger partial charge in [0.05, 0.1) is 6.67 Å². The summed E-state index contributed by atoms with van der Waals surface area (Å²) in [4.78, 5) is 10.7. The molecule has 0 amide bonds. The summed E-state index contributed by atoms with van der Waals surface area (Å²) in [6.45, 7) is 22.1. The predicted octanol–water partition coefficient (Wildman–Crippen LogP) is 2.41. The van der Waals surface area contributed by atoms with Crippen LogP contribution in [-0.4, -0.2) is 91.2 Å². The Labute approximate surface area is 150 Å². The van der Waals surface area contributed by atoms with Crippen LogP contribution in [0.5, 0.6) is 0 Å². The van der Waals surface area contributed by atoms with Crippen LogP contribution in [0.4, 0.5) is 0 Å². The van der Waals surface area contributed by atoms with Gasteiger partial charge < -0.3 is 4.90 Å². The molecule has 0 atom stereocenters. The highest BCUT2D eigenvalue weighted by molar-refractivity contribution is 4.96. The fourth-order valence-corrected chi connectivity index (χ4v) is 4.74. The summed E-state index contributed by atoms with van der Waals surface area (Å²) in [5, 5.41) is 0. The summed E-state index contributed by atoms with van der Waals surface area (Å²) in [5.41, 5.74) is 0.698. The van der Waals surface area contributed by atoms with Crippen LogP contribution < -0.4 is 0 Å². The van der Waals surface area contributed by atoms with E-state index in [0.717, 1.165) is 5.92 Å². The van der Waals surface area contributed by atoms with E-state index in [4.69, 9.17) is 0 Å². The molecule has 3 aliphatic rings. The molecule has 2 saturated heterocycles. The van der Waals surface area contributed by atoms with Crippen LogP contribution in [-0.2, 0) is 0 Å². The molecule has 140 valence electrons. The van der Waals surface area contributed by atoms with E-state index >= 15 is 0 Å². The van der Waals surface area contributed by atoms with Crippen LogP contribution in [0.25, 0.3) is 0 Å². The first-order chi connectivity index (χ1) is 11.5. The average molecular weight is 337 g/mol. The third kappa shape index (κ3) is 5.17. The fraction of sp³-hybridized carbons (Fsp3) is 1.00. The number of piperazine rings is 2. The standard InChI is InChI=1S/C20H40N4/c1-18(2)15-20(5-6-20)16-21-7-9-22(10-8-21)17-23-11-13-24(14-12-23)19(3)4/h18-19H,5-17H2,1-4H3. The van der Waals surface area contributed by atoms with Gasteiger partial charge in [0.25, 0.3) is 0 Å². The number of rotatable bonds is 7. The maximum absolute atomic E-state index is 2.75. The minimum Gasteiger partial charge on any atom is -0.300 e. The van der Waals surface area contributed by atoms with Crippen LogP contribution in [0.1, 0.15) is 47.0 Å². The fourth-order valence-electron chi connectivity index (χ4n) is 4.74. The van der Waals surface area contributed by atoms with Gasteiger partial charge in [0.15, 0.2) is 0 Å². The molecule has 2 heterocycles. The molecule has 0 aromatic rings. The van der Waals surface area contributed by atoms with Gasteiger partial charge >= 0.3 is 0 Å². The highest BCUT2D eigenvalue weighted by Crippen LogP contribution is 2.51. The van der Waals surface area contributed by atoms with E-state index in [1.54, 1.807) is 0 Å². The van der Waals surface area contributed by atoms with Crippen LogP contribution in [0.3, 0.4) is 0 Å². The lowest BCUT2D eigenvalue weighted by Crippen LogP contribution is -2.55. The SMILES string of the molecule is CC(C)CC1(CN2CCN(CN3CCN(C(C)C)CC3)CC2)CC1. The van der Waals surface area contributed by atoms with E-state index in [9.17, 15) is 0 Å². The van der Waals surface area contributed by atoms with E-state index in [2.05, 4.69) is 47.3 Å². The lowest BCUT2D eigenvalue weighted by atomic mass is 9.93. The maximum Gasteiger partial charge on any atom is 0.0508 e. The lowest BCUT2D eigenvalue weighted by molar-refractivity contribution is 0.0325. The molecule has 2 aliphatic heterocycles. The van der Waals surface area contributed by atoms with Gasteiger partial charge in [0, 0.05) is 64.9 Å². The molecule has 0 spiro atoms. The highest BCUT2D eigenvalue weighted by Gasteiger charge is 2.44. The molecule has 0 bridgehead atoms. The second-order valence-electron chi connectivity index (χ2n) is 9.38. The van der Waals surface area contributed by atoms with Crippen molar-refractivity contribution in [2.24, 2.45) is 11.3 Å². The minimum absolute atomic E-state index is 0.698. The molecule has 4 heteroatoms. The Morgan fingerprint density at radius 3 is 1.67 bits per heavy atom. The Kier molecular flexibility index (Phi) is 6.23. The zero-order chi connectivity index (χ0) is 17.2. The third-order valence-electron chi connectivity index (χ3n) is 6.36. The summed E-state index contributed by atoms with van der Waals surface area (Å²) in [6, 6.07) is 0.705. The zero-order valence-electron chi connectivity index (χ0n) is 16.6. The van der Waals surface area contributed by atoms with Crippen molar-refractivity contribution in [3.05, 3.63) is 0 Å². The van der Waals surface area contributed by atoms with Crippen molar-refractivity contribution < 1.29 is 0 Å². The first-order valence-electron chi connectivity index (χ1n) is 10.4. The van der Waals surface area contributed by atoms with Crippen LogP contribution in [0.2, 0.25) is 0 Å². The van der Waals surface area contributed by atoms with E-state index in [1.165, 1.54) is 84.8 Å². The van der Waals surface area contributed by atoms with Gasteiger partial charge in [-0.15, -0.1) is 0 Å². The topological polar surface area (TPSA) is 13.0 Å². The Morgan fingerprint density at radius 2 is 1.21 bits per heavy atom. The van der Waals surface area contributed by atoms with E-state index in [-0.39, 0.29) is 0 Å². The summed E-state index contributed by atoms with van der Waals surface area (Å²) in [5.74, 6) is 0.860. The molecular formula is C20H40N4. The average Bonchev–Trinajstić information content (AvgIpc) is 3.28. The highest BCUT2D eigenvalue weighted by atomic mass is 15.4. The summed E-state index contributed by atoms with van der Waals surface area (Å²) in [7, 11) is 0. The molecule has 0 N–H and O–H groups in total. The summed E-state index contributed by atoms with van der Waals surface area (Å²) < 4.78 is 0. The monoisotopic (exact) mass is 336 g/mol. The Bertz CT molecular complexity index is 375. The van der Waals surface area contributed by atoms with Gasteiger partial charge in [-0.25, -0.2) is 0 Å². The van der Waals surface area contributed by atoms with Crippen molar-refractivity contribution in [1.29, 1.82) is 0 Å². The quantitative estimate of drug-likeness (QED) is 0.708. The van der Waals surface area contributed by atoms with Gasteiger partial charge in [-0.3, -0.25) is 14.7 Å². The van der Waals surface area contributed by atoms with Gasteiger partial charge in [0.2, 0.25) is 0 Å². The van der Waals surface area contributed by atoms with Crippen molar-refractivity contribution in [2.45, 2.75) is 53.0 Å². The molecule has 1 saturated carbocycles. The van der Waals surface area contributed by atoms with Gasteiger partial charge in [0.1, 0.15) is 0 Å². The molecule has 0 radical (unpaired) electrons. The zero-order valence-corrected chi connectivity index (χ0v) is 16.6. The number of hydrogen-bond donors (Lipinski definition) is 0. The molecule has 3 rings (SSSR count). The van der Waals surface area contributed by atoms with Crippen LogP contribution >= 0.6 is 0 Å². The van der Waals surface area contributed by atoms with Crippen LogP contribution in [0, 0.1) is 11.3 Å². The molecule has 0 aromatic carbocycles. The number of hydrogen-bond acceptors (Lipinski definition) is 4. The normalized spacial score (nSPS) is 27.2. The lowest BCUT2D eigenvalue weighted by Gasteiger charge is -2.42. The molecular weight excluding hydrogens is 296 g/mol. The largest absolute Gasteiger partial charge is 0.300 e. The molecule has 0 aromatic heterocycles. The maximum atomic E-state index is 2.75. The molecule has 4 nitrogen and oxygen atoms in total. The molecule has 1 aliphatic carbocycles. The molecule has 24 heavy (non-hydrogen) atoms. The minimum atomic E-state index is 0.698. The predicted molar refractivity (Wildman–Crippen MR) is 102 cm³/mol. The van der Waals surface area contributed by atoms with Crippen LogP contribution in [0.15, 0.2) is 0 Å². The smallest absolute Gasteiger partial charge is 0.0508 e. The van der Waals surface area contributed by atoms with E-state index < -0.39 is 0 Å². The second-order valence-corrected chi connectivity index (χ2v) is 9.38. The Balaban J connectivity index is 1.34. The van der Waals surface area contributed by atoms with Gasteiger partial charge in [-0.1, -0.05) is 13.8 Å². The first kappa shape index (κ1) is 18.6. The van der Waals surface area contributed by atoms with Crippen molar-refractivity contribution >= 4 is 0 Å². The molecule has 3 fully saturated rings. The van der Waals surface area contributed by atoms with Crippen molar-refractivity contribution in [1.82, 2.24) is 19.6 Å². The third-order valence-corrected chi connectivity index (χ3v) is 6.36. The van der Waals surface area contributed by atoms with E-state index in [1.807, 2.05) is 0 Å². The first-order valence-corrected chi connectivity index (χ1v) is 10.4. The Morgan fingerprint density at radius 1 is 0.708 bits per heavy atom. The van der Waals surface area contributed by atoms with E-state index in [0.29, 0.717) is 11.5 Å². The Hall–Kier alpha value is -0.160. The number of nitrogens with zero attached hydrogens (tertiary/aromatic N) is 4. The molecule has 0 unspecified atom stereocenters. The van der Waals surface area contributed by atoms with Crippen molar-refractivity contribution in [3.8, 4) is 0 Å². The second kappa shape index (κ2) is 8.03. The van der Waals surface area contributed by atoms with Crippen molar-refractivity contribution in [3.63, 3.8) is 0 Å². The van der Waals surface area contributed by atoms with Gasteiger partial charge in [-0.2, -0.15) is 0 Å². The van der Waals surface area contributed by atoms with Gasteiger partial charge in [-0.05, 0) is 44.4 Å². The summed E-state index contributed by atoms with van der Waals surface area (Å²) >= 11 is 0. The van der Waals surface area contributed by atoms with Crippen molar-refractivity contribution in [2.75, 3.05) is 65.6 Å². The summed E-state index contributed by atoms with van der Waals surface area (Å²) in [6.07, 6.45) is 4.39.